The predicted molar refractivity (Wildman–Crippen MR) is 49.5 cm³/mol. The summed E-state index contributed by atoms with van der Waals surface area (Å²) in [6.07, 6.45) is 3.64. The standard InChI is InChI=1S/C10H21O/c1-5-7-11-10(6-2)8-9(3)4/h9-10H,1,5-8H2,2-4H3. The number of ether oxygens (including phenoxy) is 1. The second-order valence-corrected chi connectivity index (χ2v) is 3.38. The van der Waals surface area contributed by atoms with Crippen LogP contribution in [-0.2, 0) is 4.74 Å². The van der Waals surface area contributed by atoms with Crippen LogP contribution in [0.2, 0.25) is 0 Å². The Labute approximate surface area is 71.1 Å². The fraction of sp³-hybridized carbons (Fsp3) is 0.900. The molecule has 0 bridgehead atoms. The van der Waals surface area contributed by atoms with E-state index in [4.69, 9.17) is 4.74 Å². The van der Waals surface area contributed by atoms with Crippen molar-refractivity contribution in [1.29, 1.82) is 0 Å². The maximum atomic E-state index is 5.59. The Morgan fingerprint density at radius 3 is 2.36 bits per heavy atom. The van der Waals surface area contributed by atoms with E-state index in [2.05, 4.69) is 27.7 Å². The molecule has 0 aliphatic carbocycles. The second-order valence-electron chi connectivity index (χ2n) is 3.38. The molecule has 1 heteroatoms. The zero-order valence-electron chi connectivity index (χ0n) is 8.10. The number of hydrogen-bond donors (Lipinski definition) is 0. The Balaban J connectivity index is 3.41. The van der Waals surface area contributed by atoms with Gasteiger partial charge in [-0.1, -0.05) is 27.7 Å². The van der Waals surface area contributed by atoms with Gasteiger partial charge in [-0.05, 0) is 25.2 Å². The zero-order chi connectivity index (χ0) is 8.69. The molecule has 0 saturated carbocycles. The minimum Gasteiger partial charge on any atom is -0.378 e. The first-order chi connectivity index (χ1) is 5.20. The molecule has 67 valence electrons. The highest BCUT2D eigenvalue weighted by Gasteiger charge is 2.07. The quantitative estimate of drug-likeness (QED) is 0.576. The largest absolute Gasteiger partial charge is 0.378 e. The fourth-order valence-corrected chi connectivity index (χ4v) is 1.13. The van der Waals surface area contributed by atoms with Crippen LogP contribution in [-0.4, -0.2) is 12.7 Å². The summed E-state index contributed by atoms with van der Waals surface area (Å²) in [5.74, 6) is 0.741. The minimum atomic E-state index is 0.455. The lowest BCUT2D eigenvalue weighted by molar-refractivity contribution is 0.0395. The van der Waals surface area contributed by atoms with Crippen LogP contribution >= 0.6 is 0 Å². The van der Waals surface area contributed by atoms with E-state index in [1.165, 1.54) is 6.42 Å². The van der Waals surface area contributed by atoms with Crippen molar-refractivity contribution >= 4 is 0 Å². The Morgan fingerprint density at radius 2 is 2.00 bits per heavy atom. The van der Waals surface area contributed by atoms with Crippen LogP contribution in [0, 0.1) is 12.8 Å². The van der Waals surface area contributed by atoms with Crippen LogP contribution in [0.25, 0.3) is 0 Å². The first-order valence-electron chi connectivity index (χ1n) is 4.61. The molecule has 0 saturated heterocycles. The van der Waals surface area contributed by atoms with Gasteiger partial charge in [0, 0.05) is 6.61 Å². The summed E-state index contributed by atoms with van der Waals surface area (Å²) >= 11 is 0. The molecule has 1 radical (unpaired) electrons. The van der Waals surface area contributed by atoms with E-state index in [0.717, 1.165) is 25.4 Å². The maximum Gasteiger partial charge on any atom is 0.0575 e. The molecule has 0 N–H and O–H groups in total. The highest BCUT2D eigenvalue weighted by atomic mass is 16.5. The van der Waals surface area contributed by atoms with Gasteiger partial charge in [0.1, 0.15) is 0 Å². The van der Waals surface area contributed by atoms with Crippen molar-refractivity contribution in [1.82, 2.24) is 0 Å². The Hall–Kier alpha value is -0.0400. The molecule has 1 atom stereocenters. The van der Waals surface area contributed by atoms with Gasteiger partial charge in [-0.3, -0.25) is 0 Å². The van der Waals surface area contributed by atoms with Gasteiger partial charge in [-0.15, -0.1) is 0 Å². The van der Waals surface area contributed by atoms with Crippen molar-refractivity contribution in [3.8, 4) is 0 Å². The van der Waals surface area contributed by atoms with Gasteiger partial charge in [0.15, 0.2) is 0 Å². The summed E-state index contributed by atoms with van der Waals surface area (Å²) in [5, 5.41) is 0. The summed E-state index contributed by atoms with van der Waals surface area (Å²) in [5.41, 5.74) is 0. The molecule has 0 rings (SSSR count). The zero-order valence-corrected chi connectivity index (χ0v) is 8.10. The minimum absolute atomic E-state index is 0.455. The molecule has 0 aliphatic heterocycles. The SMILES string of the molecule is [CH2]CCOC(CC)CC(C)C. The van der Waals surface area contributed by atoms with Crippen LogP contribution < -0.4 is 0 Å². The monoisotopic (exact) mass is 157 g/mol. The molecule has 0 amide bonds. The molecular weight excluding hydrogens is 136 g/mol. The molecular formula is C10H21O. The summed E-state index contributed by atoms with van der Waals surface area (Å²) in [4.78, 5) is 0. The molecule has 11 heavy (non-hydrogen) atoms. The van der Waals surface area contributed by atoms with E-state index in [9.17, 15) is 0 Å². The molecule has 1 nitrogen and oxygen atoms in total. The van der Waals surface area contributed by atoms with E-state index < -0.39 is 0 Å². The van der Waals surface area contributed by atoms with Crippen LogP contribution in [0.3, 0.4) is 0 Å². The van der Waals surface area contributed by atoms with Gasteiger partial charge in [-0.2, -0.15) is 0 Å². The lowest BCUT2D eigenvalue weighted by Crippen LogP contribution is -2.14. The molecule has 0 spiro atoms. The highest BCUT2D eigenvalue weighted by molar-refractivity contribution is 4.58. The van der Waals surface area contributed by atoms with Crippen molar-refractivity contribution in [2.24, 2.45) is 5.92 Å². The van der Waals surface area contributed by atoms with Gasteiger partial charge in [0.2, 0.25) is 0 Å². The summed E-state index contributed by atoms with van der Waals surface area (Å²) in [7, 11) is 0. The molecule has 0 fully saturated rings. The average molecular weight is 157 g/mol. The van der Waals surface area contributed by atoms with Crippen LogP contribution in [0.5, 0.6) is 0 Å². The van der Waals surface area contributed by atoms with Crippen molar-refractivity contribution in [2.75, 3.05) is 6.61 Å². The lowest BCUT2D eigenvalue weighted by atomic mass is 10.0. The topological polar surface area (TPSA) is 9.23 Å². The molecule has 1 unspecified atom stereocenters. The Kier molecular flexibility index (Phi) is 6.63. The second kappa shape index (κ2) is 6.66. The number of rotatable bonds is 6. The molecule has 0 aromatic carbocycles. The lowest BCUT2D eigenvalue weighted by Gasteiger charge is -2.17. The Morgan fingerprint density at radius 1 is 1.36 bits per heavy atom. The molecule has 0 aromatic rings. The summed E-state index contributed by atoms with van der Waals surface area (Å²) < 4.78 is 5.59. The van der Waals surface area contributed by atoms with Crippen molar-refractivity contribution in [3.05, 3.63) is 6.92 Å². The summed E-state index contributed by atoms with van der Waals surface area (Å²) in [6.45, 7) is 11.2. The van der Waals surface area contributed by atoms with Gasteiger partial charge in [0.25, 0.3) is 0 Å². The number of hydrogen-bond acceptors (Lipinski definition) is 1. The van der Waals surface area contributed by atoms with Gasteiger partial charge < -0.3 is 4.74 Å². The first-order valence-corrected chi connectivity index (χ1v) is 4.61. The third-order valence-electron chi connectivity index (χ3n) is 1.69. The average Bonchev–Trinajstić information content (AvgIpc) is 1.97. The van der Waals surface area contributed by atoms with Crippen molar-refractivity contribution < 1.29 is 4.74 Å². The maximum absolute atomic E-state index is 5.59. The van der Waals surface area contributed by atoms with Crippen molar-refractivity contribution in [3.63, 3.8) is 0 Å². The fourth-order valence-electron chi connectivity index (χ4n) is 1.13. The predicted octanol–water partition coefficient (Wildman–Crippen LogP) is 3.05. The van der Waals surface area contributed by atoms with E-state index >= 15 is 0 Å². The third kappa shape index (κ3) is 6.36. The van der Waals surface area contributed by atoms with Crippen LogP contribution in [0.4, 0.5) is 0 Å². The highest BCUT2D eigenvalue weighted by Crippen LogP contribution is 2.11. The van der Waals surface area contributed by atoms with E-state index in [1.807, 2.05) is 0 Å². The smallest absolute Gasteiger partial charge is 0.0575 e. The normalized spacial score (nSPS) is 13.9. The Bertz CT molecular complexity index is 78.9. The van der Waals surface area contributed by atoms with E-state index in [1.54, 1.807) is 0 Å². The van der Waals surface area contributed by atoms with Gasteiger partial charge in [0.05, 0.1) is 6.10 Å². The first kappa shape index (κ1) is 11.0. The molecule has 0 aromatic heterocycles. The van der Waals surface area contributed by atoms with Crippen LogP contribution in [0.1, 0.15) is 40.0 Å². The van der Waals surface area contributed by atoms with E-state index in [-0.39, 0.29) is 0 Å². The molecule has 0 aliphatic rings. The van der Waals surface area contributed by atoms with Gasteiger partial charge >= 0.3 is 0 Å². The van der Waals surface area contributed by atoms with Gasteiger partial charge in [-0.25, -0.2) is 0 Å². The summed E-state index contributed by atoms with van der Waals surface area (Å²) in [6, 6.07) is 0. The third-order valence-corrected chi connectivity index (χ3v) is 1.69. The van der Waals surface area contributed by atoms with E-state index in [0.29, 0.717) is 6.10 Å². The van der Waals surface area contributed by atoms with Crippen LogP contribution in [0.15, 0.2) is 0 Å². The molecule has 0 heterocycles. The van der Waals surface area contributed by atoms with Crippen molar-refractivity contribution in [2.45, 2.75) is 46.1 Å².